The largest absolute Gasteiger partial charge is 0.383 e. The van der Waals surface area contributed by atoms with Crippen molar-refractivity contribution in [2.75, 3.05) is 40.0 Å². The molecule has 110 valence electrons. The molecule has 0 aromatic carbocycles. The van der Waals surface area contributed by atoms with E-state index in [0.29, 0.717) is 31.9 Å². The Kier molecular flexibility index (Phi) is 5.45. The second-order valence-electron chi connectivity index (χ2n) is 4.35. The second-order valence-corrected chi connectivity index (χ2v) is 5.07. The van der Waals surface area contributed by atoms with E-state index in [1.807, 2.05) is 0 Å². The van der Waals surface area contributed by atoms with Crippen LogP contribution in [0.25, 0.3) is 0 Å². The fraction of sp³-hybridized carbons (Fsp3) is 0.583. The highest BCUT2D eigenvalue weighted by atomic mass is 32.1. The number of rotatable bonds is 6. The number of carbonyl (C=O) groups is 2. The maximum Gasteiger partial charge on any atom is 0.270 e. The van der Waals surface area contributed by atoms with Crippen LogP contribution >= 0.6 is 11.3 Å². The molecular formula is C12H17N3O4S. The van der Waals surface area contributed by atoms with Crippen LogP contribution in [0, 0.1) is 0 Å². The summed E-state index contributed by atoms with van der Waals surface area (Å²) in [7, 11) is 1.59. The average molecular weight is 299 g/mol. The fourth-order valence-corrected chi connectivity index (χ4v) is 2.38. The van der Waals surface area contributed by atoms with Gasteiger partial charge in [0.1, 0.15) is 12.3 Å². The summed E-state index contributed by atoms with van der Waals surface area (Å²) in [6.45, 7) is 1.88. The smallest absolute Gasteiger partial charge is 0.270 e. The minimum Gasteiger partial charge on any atom is -0.383 e. The van der Waals surface area contributed by atoms with E-state index >= 15 is 0 Å². The van der Waals surface area contributed by atoms with Gasteiger partial charge in [-0.3, -0.25) is 9.59 Å². The third-order valence-corrected chi connectivity index (χ3v) is 3.53. The third-order valence-electron chi connectivity index (χ3n) is 2.94. The Labute approximate surface area is 120 Å². The zero-order valence-electron chi connectivity index (χ0n) is 11.2. The minimum absolute atomic E-state index is 0.0426. The Hall–Kier alpha value is -1.51. The van der Waals surface area contributed by atoms with Crippen molar-refractivity contribution in [2.24, 2.45) is 0 Å². The lowest BCUT2D eigenvalue weighted by molar-refractivity contribution is -0.149. The minimum atomic E-state index is -0.227. The lowest BCUT2D eigenvalue weighted by atomic mass is 10.2. The van der Waals surface area contributed by atoms with E-state index in [2.05, 4.69) is 10.3 Å². The monoisotopic (exact) mass is 299 g/mol. The summed E-state index contributed by atoms with van der Waals surface area (Å²) in [6.07, 6.45) is -0.202. The van der Waals surface area contributed by atoms with Crippen molar-refractivity contribution >= 4 is 23.2 Å². The van der Waals surface area contributed by atoms with Crippen LogP contribution in [0.3, 0.4) is 0 Å². The standard InChI is InChI=1S/C12H17N3O4S/c1-18-3-2-15-5-9(19-6-11(15)16)4-13-12(17)10-7-20-8-14-10/h7-9H,2-6H2,1H3,(H,13,17). The van der Waals surface area contributed by atoms with Crippen LogP contribution in [0.15, 0.2) is 10.9 Å². The van der Waals surface area contributed by atoms with Crippen LogP contribution in [0.2, 0.25) is 0 Å². The summed E-state index contributed by atoms with van der Waals surface area (Å²) < 4.78 is 10.4. The maximum absolute atomic E-state index is 11.7. The molecule has 7 nitrogen and oxygen atoms in total. The van der Waals surface area contributed by atoms with E-state index in [1.54, 1.807) is 22.9 Å². The molecule has 0 bridgehead atoms. The lowest BCUT2D eigenvalue weighted by Gasteiger charge is -2.32. The highest BCUT2D eigenvalue weighted by Crippen LogP contribution is 2.06. The summed E-state index contributed by atoms with van der Waals surface area (Å²) in [4.78, 5) is 29.0. The third kappa shape index (κ3) is 3.99. The number of nitrogens with zero attached hydrogens (tertiary/aromatic N) is 2. The number of carbonyl (C=O) groups excluding carboxylic acids is 2. The van der Waals surface area contributed by atoms with Crippen LogP contribution in [0.1, 0.15) is 10.5 Å². The second kappa shape index (κ2) is 7.32. The zero-order chi connectivity index (χ0) is 14.4. The van der Waals surface area contributed by atoms with Gasteiger partial charge in [0, 0.05) is 32.1 Å². The molecule has 2 rings (SSSR count). The molecule has 8 heteroatoms. The van der Waals surface area contributed by atoms with Gasteiger partial charge >= 0.3 is 0 Å². The maximum atomic E-state index is 11.7. The van der Waals surface area contributed by atoms with Crippen molar-refractivity contribution in [3.63, 3.8) is 0 Å². The van der Waals surface area contributed by atoms with Crippen molar-refractivity contribution in [3.8, 4) is 0 Å². The quantitative estimate of drug-likeness (QED) is 0.783. The van der Waals surface area contributed by atoms with E-state index in [1.165, 1.54) is 11.3 Å². The predicted molar refractivity (Wildman–Crippen MR) is 72.6 cm³/mol. The molecule has 1 aromatic rings. The normalized spacial score (nSPS) is 19.1. The topological polar surface area (TPSA) is 80.8 Å². The number of aromatic nitrogens is 1. The molecule has 20 heavy (non-hydrogen) atoms. The number of amides is 2. The molecule has 1 aliphatic rings. The summed E-state index contributed by atoms with van der Waals surface area (Å²) in [5.74, 6) is -0.278. The molecular weight excluding hydrogens is 282 g/mol. The number of methoxy groups -OCH3 is 1. The van der Waals surface area contributed by atoms with E-state index in [9.17, 15) is 9.59 Å². The van der Waals surface area contributed by atoms with Crippen LogP contribution in [-0.4, -0.2) is 67.8 Å². The Bertz CT molecular complexity index is 452. The van der Waals surface area contributed by atoms with Gasteiger partial charge in [0.15, 0.2) is 0 Å². The predicted octanol–water partition coefficient (Wildman–Crippen LogP) is -0.253. The van der Waals surface area contributed by atoms with Crippen molar-refractivity contribution in [2.45, 2.75) is 6.10 Å². The average Bonchev–Trinajstić information content (AvgIpc) is 2.99. The fourth-order valence-electron chi connectivity index (χ4n) is 1.84. The molecule has 2 amide bonds. The highest BCUT2D eigenvalue weighted by molar-refractivity contribution is 7.07. The number of morpholine rings is 1. The summed E-state index contributed by atoms with van der Waals surface area (Å²) in [5, 5.41) is 4.44. The van der Waals surface area contributed by atoms with Gasteiger partial charge in [-0.05, 0) is 0 Å². The first-order chi connectivity index (χ1) is 9.70. The Morgan fingerprint density at radius 1 is 1.70 bits per heavy atom. The van der Waals surface area contributed by atoms with Gasteiger partial charge in [-0.1, -0.05) is 0 Å². The SMILES string of the molecule is COCCN1CC(CNC(=O)c2cscn2)OCC1=O. The van der Waals surface area contributed by atoms with E-state index < -0.39 is 0 Å². The van der Waals surface area contributed by atoms with Crippen molar-refractivity contribution in [3.05, 3.63) is 16.6 Å². The number of hydrogen-bond donors (Lipinski definition) is 1. The van der Waals surface area contributed by atoms with E-state index in [0.717, 1.165) is 0 Å². The number of ether oxygens (including phenoxy) is 2. The molecule has 2 heterocycles. The molecule has 1 aliphatic heterocycles. The summed E-state index contributed by atoms with van der Waals surface area (Å²) >= 11 is 1.37. The van der Waals surface area contributed by atoms with Crippen LogP contribution in [0.4, 0.5) is 0 Å². The van der Waals surface area contributed by atoms with E-state index in [-0.39, 0.29) is 24.5 Å². The molecule has 0 saturated carbocycles. The molecule has 1 aromatic heterocycles. The number of hydrogen-bond acceptors (Lipinski definition) is 6. The van der Waals surface area contributed by atoms with Gasteiger partial charge in [0.05, 0.1) is 18.2 Å². The first kappa shape index (κ1) is 14.9. The van der Waals surface area contributed by atoms with E-state index in [4.69, 9.17) is 9.47 Å². The van der Waals surface area contributed by atoms with Crippen LogP contribution < -0.4 is 5.32 Å². The summed E-state index contributed by atoms with van der Waals surface area (Å²) in [5.41, 5.74) is 2.01. The molecule has 1 fully saturated rings. The van der Waals surface area contributed by atoms with Crippen molar-refractivity contribution in [1.82, 2.24) is 15.2 Å². The Morgan fingerprint density at radius 2 is 2.55 bits per heavy atom. The highest BCUT2D eigenvalue weighted by Gasteiger charge is 2.26. The first-order valence-corrected chi connectivity index (χ1v) is 7.19. The van der Waals surface area contributed by atoms with Crippen molar-refractivity contribution < 1.29 is 19.1 Å². The van der Waals surface area contributed by atoms with Crippen LogP contribution in [0.5, 0.6) is 0 Å². The molecule has 0 radical (unpaired) electrons. The molecule has 1 unspecified atom stereocenters. The zero-order valence-corrected chi connectivity index (χ0v) is 12.0. The van der Waals surface area contributed by atoms with Gasteiger partial charge < -0.3 is 19.7 Å². The molecule has 1 atom stereocenters. The molecule has 0 aliphatic carbocycles. The van der Waals surface area contributed by atoms with Crippen molar-refractivity contribution in [1.29, 1.82) is 0 Å². The lowest BCUT2D eigenvalue weighted by Crippen LogP contribution is -2.51. The number of nitrogens with one attached hydrogen (secondary N) is 1. The van der Waals surface area contributed by atoms with Gasteiger partial charge in [0.2, 0.25) is 5.91 Å². The van der Waals surface area contributed by atoms with Gasteiger partial charge in [0.25, 0.3) is 5.91 Å². The van der Waals surface area contributed by atoms with Gasteiger partial charge in [-0.15, -0.1) is 11.3 Å². The summed E-state index contributed by atoms with van der Waals surface area (Å²) in [6, 6.07) is 0. The molecule has 1 N–H and O–H groups in total. The first-order valence-electron chi connectivity index (χ1n) is 6.25. The Balaban J connectivity index is 1.78. The number of thiazole rings is 1. The Morgan fingerprint density at radius 3 is 3.25 bits per heavy atom. The molecule has 0 spiro atoms. The van der Waals surface area contributed by atoms with Crippen LogP contribution in [-0.2, 0) is 14.3 Å². The van der Waals surface area contributed by atoms with Gasteiger partial charge in [-0.2, -0.15) is 0 Å². The molecule has 1 saturated heterocycles. The van der Waals surface area contributed by atoms with Gasteiger partial charge in [-0.25, -0.2) is 4.98 Å².